The second-order valence-corrected chi connectivity index (χ2v) is 16.8. The Morgan fingerprint density at radius 2 is 0.785 bits per heavy atom. The molecule has 0 fully saturated rings. The molecule has 304 valence electrons. The lowest BCUT2D eigenvalue weighted by molar-refractivity contribution is 0.669. The molecule has 0 unspecified atom stereocenters. The highest BCUT2D eigenvalue weighted by Gasteiger charge is 2.20. The van der Waals surface area contributed by atoms with Crippen molar-refractivity contribution in [3.05, 3.63) is 243 Å². The highest BCUT2D eigenvalue weighted by Crippen LogP contribution is 2.44. The predicted octanol–water partition coefficient (Wildman–Crippen LogP) is 17.5. The molecule has 0 bridgehead atoms. The molecule has 0 aliphatic heterocycles. The highest BCUT2D eigenvalue weighted by molar-refractivity contribution is 6.15. The molecule has 2 aromatic heterocycles. The van der Waals surface area contributed by atoms with E-state index in [0.717, 1.165) is 66.9 Å². The molecule has 0 amide bonds. The van der Waals surface area contributed by atoms with Crippen molar-refractivity contribution >= 4 is 82.4 Å². The Hall–Kier alpha value is -8.66. The first-order chi connectivity index (χ1) is 32.2. The zero-order chi connectivity index (χ0) is 42.8. The summed E-state index contributed by atoms with van der Waals surface area (Å²) in [5, 5.41) is 9.66. The number of hydrogen-bond acceptors (Lipinski definition) is 2. The van der Waals surface area contributed by atoms with Gasteiger partial charge in [-0.05, 0) is 111 Å². The smallest absolute Gasteiger partial charge is 0.136 e. The summed E-state index contributed by atoms with van der Waals surface area (Å²) < 4.78 is 8.74. The van der Waals surface area contributed by atoms with Crippen molar-refractivity contribution in [3.8, 4) is 39.1 Å². The summed E-state index contributed by atoms with van der Waals surface area (Å²) in [7, 11) is 0. The summed E-state index contributed by atoms with van der Waals surface area (Å²) in [5.74, 6) is 0. The molecule has 0 spiro atoms. The Balaban J connectivity index is 0.937. The lowest BCUT2D eigenvalue weighted by Crippen LogP contribution is -2.10. The van der Waals surface area contributed by atoms with Gasteiger partial charge < -0.3 is 13.9 Å². The molecular weight excluding hydrogens is 789 g/mol. The summed E-state index contributed by atoms with van der Waals surface area (Å²) in [5.41, 5.74) is 15.6. The SMILES string of the molecule is c1ccc(-c2ccc3c(c2)oc2ccccc23)c(-c2ccc(N(c3ccc(-c4ccccc4-n4c5ccccc5c5ccccc54)cc3)c3cc4ccccc4c4ccccc34)cc2)c1. The molecule has 3 nitrogen and oxygen atoms in total. The minimum absolute atomic E-state index is 0.897. The van der Waals surface area contributed by atoms with Gasteiger partial charge in [-0.1, -0.05) is 176 Å². The maximum atomic E-state index is 6.32. The lowest BCUT2D eigenvalue weighted by Gasteiger charge is -2.28. The van der Waals surface area contributed by atoms with Gasteiger partial charge in [-0.2, -0.15) is 0 Å². The third-order valence-electron chi connectivity index (χ3n) is 13.2. The van der Waals surface area contributed by atoms with Crippen LogP contribution in [0, 0.1) is 0 Å². The minimum atomic E-state index is 0.897. The number of aromatic nitrogens is 1. The van der Waals surface area contributed by atoms with E-state index < -0.39 is 0 Å². The molecule has 13 rings (SSSR count). The first-order valence-electron chi connectivity index (χ1n) is 22.2. The van der Waals surface area contributed by atoms with Crippen LogP contribution in [0.1, 0.15) is 0 Å². The zero-order valence-corrected chi connectivity index (χ0v) is 35.4. The molecule has 0 saturated carbocycles. The third kappa shape index (κ3) is 6.05. The minimum Gasteiger partial charge on any atom is -0.456 e. The van der Waals surface area contributed by atoms with E-state index in [1.807, 2.05) is 12.1 Å². The summed E-state index contributed by atoms with van der Waals surface area (Å²) in [6, 6.07) is 87.8. The topological polar surface area (TPSA) is 21.3 Å². The van der Waals surface area contributed by atoms with Crippen LogP contribution in [0.2, 0.25) is 0 Å². The van der Waals surface area contributed by atoms with E-state index >= 15 is 0 Å². The Kier molecular flexibility index (Phi) is 8.53. The average Bonchev–Trinajstić information content (AvgIpc) is 3.92. The first-order valence-corrected chi connectivity index (χ1v) is 22.2. The van der Waals surface area contributed by atoms with E-state index in [1.54, 1.807) is 0 Å². The molecule has 0 aliphatic rings. The molecule has 0 saturated heterocycles. The number of para-hydroxylation sites is 4. The monoisotopic (exact) mass is 828 g/mol. The molecule has 2 heterocycles. The van der Waals surface area contributed by atoms with Crippen molar-refractivity contribution in [1.29, 1.82) is 0 Å². The second-order valence-electron chi connectivity index (χ2n) is 16.8. The number of hydrogen-bond donors (Lipinski definition) is 0. The molecule has 11 aromatic carbocycles. The summed E-state index contributed by atoms with van der Waals surface area (Å²) in [6.07, 6.45) is 0. The fourth-order valence-electron chi connectivity index (χ4n) is 10.2. The van der Waals surface area contributed by atoms with Crippen LogP contribution in [-0.4, -0.2) is 4.57 Å². The summed E-state index contributed by atoms with van der Waals surface area (Å²) >= 11 is 0. The largest absolute Gasteiger partial charge is 0.456 e. The van der Waals surface area contributed by atoms with Gasteiger partial charge in [0.2, 0.25) is 0 Å². The van der Waals surface area contributed by atoms with Gasteiger partial charge >= 0.3 is 0 Å². The van der Waals surface area contributed by atoms with E-state index in [2.05, 4.69) is 240 Å². The number of fused-ring (bicyclic) bond motifs is 9. The molecule has 0 atom stereocenters. The molecule has 13 aromatic rings. The molecule has 65 heavy (non-hydrogen) atoms. The third-order valence-corrected chi connectivity index (χ3v) is 13.2. The van der Waals surface area contributed by atoms with E-state index in [0.29, 0.717) is 0 Å². The quantitative estimate of drug-likeness (QED) is 0.149. The highest BCUT2D eigenvalue weighted by atomic mass is 16.3. The van der Waals surface area contributed by atoms with Gasteiger partial charge in [0.1, 0.15) is 11.2 Å². The lowest BCUT2D eigenvalue weighted by atomic mass is 9.93. The average molecular weight is 829 g/mol. The van der Waals surface area contributed by atoms with Crippen LogP contribution in [0.3, 0.4) is 0 Å². The Labute approximate surface area is 376 Å². The van der Waals surface area contributed by atoms with Gasteiger partial charge in [-0.25, -0.2) is 0 Å². The van der Waals surface area contributed by atoms with E-state index in [9.17, 15) is 0 Å². The predicted molar refractivity (Wildman–Crippen MR) is 274 cm³/mol. The number of rotatable bonds is 7. The van der Waals surface area contributed by atoms with Crippen molar-refractivity contribution < 1.29 is 4.42 Å². The van der Waals surface area contributed by atoms with Crippen molar-refractivity contribution in [2.45, 2.75) is 0 Å². The molecule has 0 N–H and O–H groups in total. The number of furan rings is 1. The van der Waals surface area contributed by atoms with Crippen molar-refractivity contribution in [2.24, 2.45) is 0 Å². The van der Waals surface area contributed by atoms with Crippen LogP contribution in [0.15, 0.2) is 247 Å². The van der Waals surface area contributed by atoms with Crippen molar-refractivity contribution in [2.75, 3.05) is 4.90 Å². The maximum absolute atomic E-state index is 6.32. The zero-order valence-electron chi connectivity index (χ0n) is 35.4. The van der Waals surface area contributed by atoms with E-state index in [4.69, 9.17) is 4.42 Å². The summed E-state index contributed by atoms with van der Waals surface area (Å²) in [4.78, 5) is 2.42. The normalized spacial score (nSPS) is 11.7. The van der Waals surface area contributed by atoms with E-state index in [1.165, 1.54) is 54.5 Å². The van der Waals surface area contributed by atoms with Crippen molar-refractivity contribution in [1.82, 2.24) is 4.57 Å². The van der Waals surface area contributed by atoms with Crippen LogP contribution < -0.4 is 4.90 Å². The Bertz CT molecular complexity index is 3900. The van der Waals surface area contributed by atoms with Gasteiger partial charge in [0.15, 0.2) is 0 Å². The van der Waals surface area contributed by atoms with Crippen LogP contribution >= 0.6 is 0 Å². The van der Waals surface area contributed by atoms with Gasteiger partial charge in [-0.3, -0.25) is 0 Å². The number of anilines is 3. The van der Waals surface area contributed by atoms with Crippen LogP contribution in [0.5, 0.6) is 0 Å². The fourth-order valence-corrected chi connectivity index (χ4v) is 10.2. The van der Waals surface area contributed by atoms with E-state index in [-0.39, 0.29) is 0 Å². The van der Waals surface area contributed by atoms with Gasteiger partial charge in [-0.15, -0.1) is 0 Å². The maximum Gasteiger partial charge on any atom is 0.136 e. The number of nitrogens with zero attached hydrogens (tertiary/aromatic N) is 2. The number of benzene rings is 11. The fraction of sp³-hybridized carbons (Fsp3) is 0. The Morgan fingerprint density at radius 3 is 1.48 bits per heavy atom. The van der Waals surface area contributed by atoms with Gasteiger partial charge in [0, 0.05) is 43.9 Å². The van der Waals surface area contributed by atoms with Crippen LogP contribution in [0.25, 0.3) is 104 Å². The summed E-state index contributed by atoms with van der Waals surface area (Å²) in [6.45, 7) is 0. The van der Waals surface area contributed by atoms with Gasteiger partial charge in [0.25, 0.3) is 0 Å². The first kappa shape index (κ1) is 36.9. The molecule has 0 aliphatic carbocycles. The standard InChI is InChI=1S/C62H40N2O/c1-2-18-49-43(15-1)39-60(52-21-6-5-20-51(49)52)63(45-34-29-41(30-35-45)47-16-3-4-17-48(47)44-33-38-56-55-24-10-14-28-61(55)65-62(56)40-44)46-36-31-42(32-37-46)50-19-7-11-25-57(50)64-58-26-12-8-22-53(58)54-23-9-13-27-59(54)64/h1-40H. The van der Waals surface area contributed by atoms with Gasteiger partial charge in [0.05, 0.1) is 22.4 Å². The molecule has 0 radical (unpaired) electrons. The van der Waals surface area contributed by atoms with Crippen LogP contribution in [-0.2, 0) is 0 Å². The van der Waals surface area contributed by atoms with Crippen molar-refractivity contribution in [3.63, 3.8) is 0 Å². The molecule has 3 heteroatoms. The second kappa shape index (κ2) is 15.0. The Morgan fingerprint density at radius 1 is 0.308 bits per heavy atom. The molecular formula is C62H40N2O. The van der Waals surface area contributed by atoms with Crippen LogP contribution in [0.4, 0.5) is 17.1 Å².